The number of halogens is 4. The molecular formula is C21H16ClF3N2O3S. The Morgan fingerprint density at radius 3 is 2.81 bits per heavy atom. The number of aliphatic imine (C=N–C) groups is 1. The molecule has 3 heterocycles. The molecular weight excluding hydrogens is 453 g/mol. The van der Waals surface area contributed by atoms with Crippen LogP contribution in [0.2, 0.25) is 5.02 Å². The molecule has 1 atom stereocenters. The van der Waals surface area contributed by atoms with Crippen molar-refractivity contribution in [3.63, 3.8) is 0 Å². The first kappa shape index (κ1) is 21.6. The summed E-state index contributed by atoms with van der Waals surface area (Å²) in [4.78, 5) is 18.9. The number of thioether (sulfide) groups is 1. The molecule has 0 fully saturated rings. The Morgan fingerprint density at radius 2 is 2.10 bits per heavy atom. The van der Waals surface area contributed by atoms with E-state index < -0.39 is 28.8 Å². The van der Waals surface area contributed by atoms with E-state index in [1.165, 1.54) is 23.9 Å². The Labute approximate surface area is 185 Å². The maximum Gasteiger partial charge on any atom is 0.417 e. The van der Waals surface area contributed by atoms with Gasteiger partial charge < -0.3 is 14.1 Å². The van der Waals surface area contributed by atoms with Gasteiger partial charge in [-0.2, -0.15) is 13.2 Å². The molecule has 1 aromatic heterocycles. The number of rotatable bonds is 4. The minimum Gasteiger partial charge on any atom is -0.463 e. The Hall–Kier alpha value is -2.65. The largest absolute Gasteiger partial charge is 0.463 e. The molecule has 0 aliphatic carbocycles. The summed E-state index contributed by atoms with van der Waals surface area (Å²) in [6.07, 6.45) is -2.82. The van der Waals surface area contributed by atoms with Gasteiger partial charge in [0.25, 0.3) is 0 Å². The van der Waals surface area contributed by atoms with Gasteiger partial charge in [-0.15, -0.1) is 0 Å². The number of hydrogen-bond donors (Lipinski definition) is 0. The fourth-order valence-corrected chi connectivity index (χ4v) is 4.42. The van der Waals surface area contributed by atoms with Gasteiger partial charge in [0.1, 0.15) is 17.6 Å². The van der Waals surface area contributed by atoms with Crippen molar-refractivity contribution in [2.45, 2.75) is 26.1 Å². The zero-order chi connectivity index (χ0) is 22.3. The van der Waals surface area contributed by atoms with Crippen molar-refractivity contribution in [1.29, 1.82) is 0 Å². The molecule has 2 aromatic rings. The van der Waals surface area contributed by atoms with Gasteiger partial charge in [-0.1, -0.05) is 23.4 Å². The Balaban J connectivity index is 1.76. The third kappa shape index (κ3) is 3.99. The molecule has 0 radical (unpaired) electrons. The lowest BCUT2D eigenvalue weighted by Crippen LogP contribution is -2.33. The Kier molecular flexibility index (Phi) is 5.65. The molecule has 10 heteroatoms. The van der Waals surface area contributed by atoms with E-state index in [-0.39, 0.29) is 17.9 Å². The quantitative estimate of drug-likeness (QED) is 0.487. The number of nitrogens with zero attached hydrogens (tertiary/aromatic N) is 2. The third-order valence-corrected chi connectivity index (χ3v) is 5.87. The van der Waals surface area contributed by atoms with Crippen LogP contribution in [-0.2, 0) is 15.7 Å². The van der Waals surface area contributed by atoms with E-state index in [1.54, 1.807) is 37.1 Å². The molecule has 31 heavy (non-hydrogen) atoms. The van der Waals surface area contributed by atoms with Crippen LogP contribution < -0.4 is 0 Å². The normalized spacial score (nSPS) is 18.3. The van der Waals surface area contributed by atoms with Gasteiger partial charge in [-0.05, 0) is 49.6 Å². The first-order chi connectivity index (χ1) is 14.7. The van der Waals surface area contributed by atoms with Gasteiger partial charge in [-0.25, -0.2) is 9.79 Å². The molecule has 1 aromatic carbocycles. The van der Waals surface area contributed by atoms with Crippen molar-refractivity contribution >= 4 is 34.5 Å². The standard InChI is InChI=1S/C21H16ClF3N2O3S/c1-3-29-19(28)17-11(2)26-20-27(8-9-31-20)18(17)16-7-6-15(30-16)12-4-5-14(22)13(10-12)21(23,24)25/h4-10,18H,3H2,1-2H3/t18-/m1/s1. The van der Waals surface area contributed by atoms with Crippen LogP contribution in [0.5, 0.6) is 0 Å². The molecule has 0 unspecified atom stereocenters. The lowest BCUT2D eigenvalue weighted by molar-refractivity contribution is -0.139. The zero-order valence-electron chi connectivity index (χ0n) is 16.4. The van der Waals surface area contributed by atoms with Gasteiger partial charge in [0, 0.05) is 11.8 Å². The fraction of sp³-hybridized carbons (Fsp3) is 0.238. The first-order valence-electron chi connectivity index (χ1n) is 9.25. The van der Waals surface area contributed by atoms with Crippen LogP contribution in [0.4, 0.5) is 13.2 Å². The maximum atomic E-state index is 13.2. The second-order valence-corrected chi connectivity index (χ2v) is 8.00. The van der Waals surface area contributed by atoms with E-state index in [0.717, 1.165) is 6.07 Å². The monoisotopic (exact) mass is 468 g/mol. The summed E-state index contributed by atoms with van der Waals surface area (Å²) in [5, 5.41) is 2.10. The van der Waals surface area contributed by atoms with E-state index in [2.05, 4.69) is 4.99 Å². The van der Waals surface area contributed by atoms with E-state index >= 15 is 0 Å². The van der Waals surface area contributed by atoms with Crippen molar-refractivity contribution < 1.29 is 27.1 Å². The lowest BCUT2D eigenvalue weighted by Gasteiger charge is -2.31. The summed E-state index contributed by atoms with van der Waals surface area (Å²) in [6, 6.07) is 6.12. The summed E-state index contributed by atoms with van der Waals surface area (Å²) >= 11 is 7.11. The van der Waals surface area contributed by atoms with Crippen LogP contribution in [0, 0.1) is 0 Å². The van der Waals surface area contributed by atoms with Crippen molar-refractivity contribution in [2.75, 3.05) is 6.61 Å². The Morgan fingerprint density at radius 1 is 1.32 bits per heavy atom. The number of carbonyl (C=O) groups is 1. The SMILES string of the molecule is CCOC(=O)C1=C(C)N=C2SC=CN2[C@@H]1c1ccc(-c2ccc(Cl)c(C(F)(F)F)c2)o1. The second-order valence-electron chi connectivity index (χ2n) is 6.72. The molecule has 0 amide bonds. The number of amidine groups is 1. The number of benzene rings is 1. The van der Waals surface area contributed by atoms with Crippen LogP contribution in [0.3, 0.4) is 0 Å². The summed E-state index contributed by atoms with van der Waals surface area (Å²) in [5.74, 6) is 0.0697. The molecule has 2 aliphatic rings. The molecule has 0 N–H and O–H groups in total. The van der Waals surface area contributed by atoms with E-state index in [9.17, 15) is 18.0 Å². The number of alkyl halides is 3. The molecule has 0 bridgehead atoms. The van der Waals surface area contributed by atoms with Crippen LogP contribution in [0.1, 0.15) is 31.2 Å². The minimum atomic E-state index is -4.59. The number of furan rings is 1. The van der Waals surface area contributed by atoms with Crippen molar-refractivity contribution in [1.82, 2.24) is 4.90 Å². The highest BCUT2D eigenvalue weighted by molar-refractivity contribution is 8.16. The van der Waals surface area contributed by atoms with E-state index in [4.69, 9.17) is 20.8 Å². The highest BCUT2D eigenvalue weighted by atomic mass is 35.5. The average molecular weight is 469 g/mol. The molecule has 4 rings (SSSR count). The van der Waals surface area contributed by atoms with E-state index in [0.29, 0.717) is 22.2 Å². The van der Waals surface area contributed by atoms with Gasteiger partial charge in [0.05, 0.1) is 28.5 Å². The summed E-state index contributed by atoms with van der Waals surface area (Å²) in [5.41, 5.74) is 0.0800. The van der Waals surface area contributed by atoms with Gasteiger partial charge in [0.15, 0.2) is 5.17 Å². The predicted octanol–water partition coefficient (Wildman–Crippen LogP) is 6.39. The van der Waals surface area contributed by atoms with Gasteiger partial charge in [-0.3, -0.25) is 0 Å². The smallest absolute Gasteiger partial charge is 0.417 e. The Bertz CT molecular complexity index is 1140. The summed E-state index contributed by atoms with van der Waals surface area (Å²) in [7, 11) is 0. The van der Waals surface area contributed by atoms with Gasteiger partial charge in [0.2, 0.25) is 0 Å². The molecule has 0 saturated heterocycles. The highest BCUT2D eigenvalue weighted by Crippen LogP contribution is 2.43. The number of hydrogen-bond acceptors (Lipinski definition) is 6. The number of carbonyl (C=O) groups excluding carboxylic acids is 1. The number of fused-ring (bicyclic) bond motifs is 1. The molecule has 2 aliphatic heterocycles. The first-order valence-corrected chi connectivity index (χ1v) is 10.5. The lowest BCUT2D eigenvalue weighted by atomic mass is 10.00. The number of esters is 1. The molecule has 0 spiro atoms. The van der Waals surface area contributed by atoms with Crippen LogP contribution in [0.25, 0.3) is 11.3 Å². The van der Waals surface area contributed by atoms with E-state index in [1.807, 2.05) is 5.41 Å². The second kappa shape index (κ2) is 8.12. The van der Waals surface area contributed by atoms with Crippen LogP contribution in [-0.4, -0.2) is 22.6 Å². The number of ether oxygens (including phenoxy) is 1. The highest BCUT2D eigenvalue weighted by Gasteiger charge is 2.39. The van der Waals surface area contributed by atoms with Crippen molar-refractivity contribution in [2.24, 2.45) is 4.99 Å². The predicted molar refractivity (Wildman–Crippen MR) is 112 cm³/mol. The maximum absolute atomic E-state index is 13.2. The topological polar surface area (TPSA) is 55.0 Å². The summed E-state index contributed by atoms with van der Waals surface area (Å²) in [6.45, 7) is 3.61. The van der Waals surface area contributed by atoms with Crippen LogP contribution >= 0.6 is 23.4 Å². The fourth-order valence-electron chi connectivity index (χ4n) is 3.40. The molecule has 5 nitrogen and oxygen atoms in total. The number of allylic oxidation sites excluding steroid dienone is 1. The molecule has 0 saturated carbocycles. The van der Waals surface area contributed by atoms with Gasteiger partial charge >= 0.3 is 12.1 Å². The summed E-state index contributed by atoms with van der Waals surface area (Å²) < 4.78 is 50.9. The third-order valence-electron chi connectivity index (χ3n) is 4.77. The molecule has 162 valence electrons. The average Bonchev–Trinajstić information content (AvgIpc) is 3.36. The van der Waals surface area contributed by atoms with Crippen molar-refractivity contribution in [3.8, 4) is 11.3 Å². The van der Waals surface area contributed by atoms with Crippen molar-refractivity contribution in [3.05, 3.63) is 69.6 Å². The zero-order valence-corrected chi connectivity index (χ0v) is 17.9. The minimum absolute atomic E-state index is 0.192. The van der Waals surface area contributed by atoms with Crippen LogP contribution in [0.15, 0.2) is 62.6 Å².